The highest BCUT2D eigenvalue weighted by molar-refractivity contribution is 6.62. The molecule has 6 N–H and O–H groups in total. The highest BCUT2D eigenvalue weighted by Crippen LogP contribution is 2.41. The summed E-state index contributed by atoms with van der Waals surface area (Å²) >= 11 is 0. The Bertz CT molecular complexity index is 4340. The number of aromatic nitrogens is 4. The Morgan fingerprint density at radius 3 is 0.911 bits per heavy atom. The molecule has 16 nitrogen and oxygen atoms in total. The Hall–Kier alpha value is -10.2. The van der Waals surface area contributed by atoms with Crippen molar-refractivity contribution in [3.8, 4) is 44.5 Å². The molecular weight excluding hydrogens is 1130 g/mol. The first-order chi connectivity index (χ1) is 43.0. The molecule has 4 aliphatic heterocycles. The summed E-state index contributed by atoms with van der Waals surface area (Å²) in [6.07, 6.45) is 7.70. The van der Waals surface area contributed by atoms with Crippen LogP contribution < -0.4 is 21.6 Å². The maximum absolute atomic E-state index is 14.1. The lowest BCUT2D eigenvalue weighted by atomic mass is 9.79. The molecule has 4 aliphatic rings. The van der Waals surface area contributed by atoms with E-state index in [1.807, 2.05) is 177 Å². The summed E-state index contributed by atoms with van der Waals surface area (Å²) in [5.41, 5.74) is 12.3. The molecule has 2 saturated heterocycles. The van der Waals surface area contributed by atoms with Crippen LogP contribution in [0.15, 0.2) is 170 Å². The number of H-pyrrole nitrogens is 2. The van der Waals surface area contributed by atoms with Gasteiger partial charge in [0.2, 0.25) is 0 Å². The Morgan fingerprint density at radius 1 is 0.378 bits per heavy atom. The molecule has 0 spiro atoms. The number of fused-ring (bicyclic) bond motifs is 8. The smallest absolute Gasteiger partial charge is 0.478 e. The fourth-order valence-electron chi connectivity index (χ4n) is 11.4. The molecule has 446 valence electrons. The van der Waals surface area contributed by atoms with Crippen molar-refractivity contribution in [2.75, 3.05) is 10.6 Å². The molecule has 13 rings (SSSR count). The van der Waals surface area contributed by atoms with Gasteiger partial charge in [-0.05, 0) is 210 Å². The summed E-state index contributed by atoms with van der Waals surface area (Å²) in [6.45, 7) is 16.0. The predicted molar refractivity (Wildman–Crippen MR) is 355 cm³/mol. The maximum atomic E-state index is 14.1. The number of aromatic carboxylic acids is 2. The van der Waals surface area contributed by atoms with E-state index in [4.69, 9.17) is 28.6 Å². The van der Waals surface area contributed by atoms with Crippen molar-refractivity contribution in [3.63, 3.8) is 0 Å². The number of benzene rings is 6. The molecule has 0 saturated carbocycles. The largest absolute Gasteiger partial charge is 0.494 e. The van der Waals surface area contributed by atoms with Crippen LogP contribution in [0.3, 0.4) is 0 Å². The van der Waals surface area contributed by atoms with E-state index in [-0.39, 0.29) is 22.9 Å². The van der Waals surface area contributed by atoms with Gasteiger partial charge in [-0.1, -0.05) is 72.8 Å². The first kappa shape index (κ1) is 58.8. The second kappa shape index (κ2) is 22.4. The fourth-order valence-corrected chi connectivity index (χ4v) is 11.4. The van der Waals surface area contributed by atoms with Crippen LogP contribution in [0.2, 0.25) is 0 Å². The van der Waals surface area contributed by atoms with Crippen molar-refractivity contribution in [1.82, 2.24) is 19.9 Å². The average molecular weight is 1190 g/mol. The van der Waals surface area contributed by atoms with E-state index >= 15 is 0 Å². The third kappa shape index (κ3) is 11.0. The molecule has 8 bridgehead atoms. The number of carbonyl (C=O) groups is 4. The van der Waals surface area contributed by atoms with Crippen molar-refractivity contribution in [2.24, 2.45) is 0 Å². The van der Waals surface area contributed by atoms with Crippen LogP contribution in [0.5, 0.6) is 0 Å². The lowest BCUT2D eigenvalue weighted by Crippen LogP contribution is -2.41. The van der Waals surface area contributed by atoms with Crippen LogP contribution >= 0.6 is 0 Å². The number of nitrogens with one attached hydrogen (secondary N) is 4. The number of carboxylic acid groups (broad SMARTS) is 2. The van der Waals surface area contributed by atoms with Gasteiger partial charge in [-0.25, -0.2) is 19.6 Å². The SMILES string of the molecule is CC1(C)OB(c2cccc(NC(=O)c3ccc(-c4c5nc(c(-c6ccc(C(=O)O)cc6)c6ccc([nH]6)c(-c6ccc(C(=O)O)cc6)c6nc(c(-c7ccc(C(=O)Nc8cccc(B9OC(C)(C)C(C)(C)O9)c8)cc7)c7ccc4[nH]7)C=C6)C=C5)cc3)c2)OC1(C)C. The van der Waals surface area contributed by atoms with Gasteiger partial charge in [-0.2, -0.15) is 0 Å². The summed E-state index contributed by atoms with van der Waals surface area (Å²) in [6, 6.07) is 50.6. The van der Waals surface area contributed by atoms with Crippen molar-refractivity contribution < 1.29 is 48.0 Å². The van der Waals surface area contributed by atoms with E-state index < -0.39 is 48.6 Å². The van der Waals surface area contributed by atoms with Gasteiger partial charge in [0, 0.05) is 66.8 Å². The Kier molecular flexibility index (Phi) is 14.6. The van der Waals surface area contributed by atoms with Gasteiger partial charge < -0.3 is 49.4 Å². The molecule has 9 aromatic rings. The monoisotopic (exact) mass is 1190 g/mol. The number of carboxylic acids is 2. The maximum Gasteiger partial charge on any atom is 0.494 e. The van der Waals surface area contributed by atoms with E-state index in [2.05, 4.69) is 20.6 Å². The van der Waals surface area contributed by atoms with Crippen LogP contribution in [-0.4, -0.2) is 90.5 Å². The summed E-state index contributed by atoms with van der Waals surface area (Å²) in [5, 5.41) is 26.0. The summed E-state index contributed by atoms with van der Waals surface area (Å²) in [7, 11) is -1.22. The molecule has 6 aromatic carbocycles. The van der Waals surface area contributed by atoms with Gasteiger partial charge in [0.15, 0.2) is 0 Å². The topological polar surface area (TPSA) is 227 Å². The van der Waals surface area contributed by atoms with E-state index in [1.54, 1.807) is 72.8 Å². The van der Waals surface area contributed by atoms with Gasteiger partial charge >= 0.3 is 26.2 Å². The Labute approximate surface area is 520 Å². The zero-order valence-corrected chi connectivity index (χ0v) is 50.7. The zero-order valence-electron chi connectivity index (χ0n) is 50.7. The summed E-state index contributed by atoms with van der Waals surface area (Å²) < 4.78 is 25.2. The van der Waals surface area contributed by atoms with E-state index in [0.717, 1.165) is 22.1 Å². The lowest BCUT2D eigenvalue weighted by molar-refractivity contribution is 0.00578. The fraction of sp³-hybridized carbons (Fsp3) is 0.167. The molecule has 7 heterocycles. The average Bonchev–Trinajstić information content (AvgIpc) is 1.68. The number of hydrogen-bond acceptors (Lipinski definition) is 10. The molecule has 0 radical (unpaired) electrons. The molecular formula is C72H62B2N6O10. The number of carbonyl (C=O) groups excluding carboxylic acids is 2. The minimum atomic E-state index is -1.06. The van der Waals surface area contributed by atoms with Crippen LogP contribution in [0.4, 0.5) is 11.4 Å². The van der Waals surface area contributed by atoms with Gasteiger partial charge in [-0.3, -0.25) is 9.59 Å². The van der Waals surface area contributed by atoms with Crippen molar-refractivity contribution >= 4 is 107 Å². The highest BCUT2D eigenvalue weighted by Gasteiger charge is 2.53. The first-order valence-electron chi connectivity index (χ1n) is 29.6. The Balaban J connectivity index is 0.947. The van der Waals surface area contributed by atoms with Crippen molar-refractivity contribution in [3.05, 3.63) is 215 Å². The van der Waals surface area contributed by atoms with Gasteiger partial charge in [0.25, 0.3) is 11.8 Å². The number of rotatable bonds is 12. The number of hydrogen-bond donors (Lipinski definition) is 6. The molecule has 18 heteroatoms. The van der Waals surface area contributed by atoms with Crippen molar-refractivity contribution in [1.29, 1.82) is 0 Å². The van der Waals surface area contributed by atoms with Gasteiger partial charge in [0.05, 0.1) is 56.3 Å². The predicted octanol–water partition coefficient (Wildman–Crippen LogP) is 13.8. The van der Waals surface area contributed by atoms with Crippen LogP contribution in [-0.2, 0) is 18.6 Å². The minimum Gasteiger partial charge on any atom is -0.478 e. The summed E-state index contributed by atoms with van der Waals surface area (Å²) in [4.78, 5) is 70.6. The molecule has 2 fully saturated rings. The normalized spacial score (nSPS) is 15.9. The Morgan fingerprint density at radius 2 is 0.644 bits per heavy atom. The van der Waals surface area contributed by atoms with E-state index in [1.165, 1.54) is 0 Å². The van der Waals surface area contributed by atoms with Crippen LogP contribution in [0.25, 0.3) is 90.9 Å². The van der Waals surface area contributed by atoms with Gasteiger partial charge in [-0.15, -0.1) is 0 Å². The molecule has 90 heavy (non-hydrogen) atoms. The lowest BCUT2D eigenvalue weighted by Gasteiger charge is -2.32. The van der Waals surface area contributed by atoms with E-state index in [9.17, 15) is 29.4 Å². The zero-order chi connectivity index (χ0) is 63.0. The van der Waals surface area contributed by atoms with Crippen LogP contribution in [0, 0.1) is 0 Å². The quantitative estimate of drug-likeness (QED) is 0.0628. The highest BCUT2D eigenvalue weighted by atomic mass is 16.7. The third-order valence-corrected chi connectivity index (χ3v) is 17.8. The molecule has 3 aromatic heterocycles. The number of aromatic amines is 2. The minimum absolute atomic E-state index is 0.120. The number of nitrogens with zero attached hydrogens (tertiary/aromatic N) is 2. The van der Waals surface area contributed by atoms with Crippen LogP contribution in [0.1, 0.15) is 120 Å². The second-order valence-electron chi connectivity index (χ2n) is 24.8. The molecule has 0 aliphatic carbocycles. The number of anilines is 2. The molecule has 0 unspecified atom stereocenters. The molecule has 2 amide bonds. The van der Waals surface area contributed by atoms with E-state index in [0.29, 0.717) is 101 Å². The standard InChI is InChI=1S/C72H62B2N6O10/c1-69(2)70(3,4)88-73(87-69)49-11-9-13-51(39-49)75-65(81)45-23-15-41(16-24-45)61-53-31-32-54(77-53)62(42-17-25-46(26-18-42)66(82)76-52-14-10-12-50(40-52)74-89-71(5,6)72(7,8)90-74)56-34-36-58(79-56)64(44-21-29-48(30-22-44)68(85)86)60-38-37-59(80-60)63(57-35-33-55(61)78-57)43-19-27-47(28-20-43)67(83)84/h9-40,77,80H,1-8H3,(H,75,81)(H,76,82)(H,83,84)(H,85,86). The number of amides is 2. The summed E-state index contributed by atoms with van der Waals surface area (Å²) in [5.74, 6) is -2.76. The van der Waals surface area contributed by atoms with Crippen molar-refractivity contribution in [2.45, 2.75) is 77.8 Å². The van der Waals surface area contributed by atoms with Gasteiger partial charge in [0.1, 0.15) is 0 Å². The second-order valence-corrected chi connectivity index (χ2v) is 24.8. The molecule has 0 atom stereocenters. The third-order valence-electron chi connectivity index (χ3n) is 17.8. The first-order valence-corrected chi connectivity index (χ1v) is 29.6.